The van der Waals surface area contributed by atoms with E-state index in [2.05, 4.69) is 59.1 Å². The maximum Gasteiger partial charge on any atom is 0.0593 e. The average molecular weight is 309 g/mol. The standard InChI is InChI=1S/C10H13Br.C5H8N2/c1-3-8(2)9-4-6-10(11)7-5-9;1-5-3-4-7(2)6-5/h4-8H,3H2,1-2H3;3-4H,1-2H3. The molecule has 1 aromatic carbocycles. The molecule has 0 N–H and O–H groups in total. The molecule has 0 aliphatic rings. The van der Waals surface area contributed by atoms with E-state index in [0.29, 0.717) is 5.92 Å². The summed E-state index contributed by atoms with van der Waals surface area (Å²) in [6, 6.07) is 10.5. The number of benzene rings is 1. The molecule has 0 spiro atoms. The Morgan fingerprint density at radius 3 is 2.17 bits per heavy atom. The second-order valence-corrected chi connectivity index (χ2v) is 5.41. The maximum atomic E-state index is 4.03. The first kappa shape index (κ1) is 15.0. The van der Waals surface area contributed by atoms with Crippen molar-refractivity contribution in [3.8, 4) is 0 Å². The van der Waals surface area contributed by atoms with Gasteiger partial charge in [0.05, 0.1) is 5.69 Å². The van der Waals surface area contributed by atoms with Gasteiger partial charge in [0, 0.05) is 17.7 Å². The first-order valence-corrected chi connectivity index (χ1v) is 7.04. The molecular formula is C15H21BrN2. The van der Waals surface area contributed by atoms with Crippen molar-refractivity contribution in [1.82, 2.24) is 9.78 Å². The van der Waals surface area contributed by atoms with Gasteiger partial charge in [-0.15, -0.1) is 0 Å². The molecule has 2 nitrogen and oxygen atoms in total. The largest absolute Gasteiger partial charge is 0.276 e. The third-order valence-corrected chi connectivity index (χ3v) is 3.43. The lowest BCUT2D eigenvalue weighted by molar-refractivity contribution is 0.733. The summed E-state index contributed by atoms with van der Waals surface area (Å²) in [5, 5.41) is 4.03. The van der Waals surface area contributed by atoms with E-state index in [-0.39, 0.29) is 0 Å². The number of aryl methyl sites for hydroxylation is 2. The average Bonchev–Trinajstić information content (AvgIpc) is 2.74. The summed E-state index contributed by atoms with van der Waals surface area (Å²) in [6.07, 6.45) is 3.14. The maximum absolute atomic E-state index is 4.03. The number of aromatic nitrogens is 2. The third kappa shape index (κ3) is 5.05. The van der Waals surface area contributed by atoms with Crippen LogP contribution in [0.15, 0.2) is 41.0 Å². The SMILES string of the molecule is CCC(C)c1ccc(Br)cc1.Cc1ccn(C)n1. The van der Waals surface area contributed by atoms with Gasteiger partial charge in [0.2, 0.25) is 0 Å². The summed E-state index contributed by atoms with van der Waals surface area (Å²) in [5.41, 5.74) is 2.50. The van der Waals surface area contributed by atoms with Gasteiger partial charge in [-0.2, -0.15) is 5.10 Å². The van der Waals surface area contributed by atoms with Gasteiger partial charge in [-0.1, -0.05) is 41.9 Å². The Labute approximate surface area is 118 Å². The van der Waals surface area contributed by atoms with Crippen molar-refractivity contribution in [3.05, 3.63) is 52.3 Å². The van der Waals surface area contributed by atoms with Crippen LogP contribution in [0.4, 0.5) is 0 Å². The number of nitrogens with zero attached hydrogens (tertiary/aromatic N) is 2. The predicted octanol–water partition coefficient (Wildman–Crippen LogP) is 4.69. The molecule has 0 amide bonds. The van der Waals surface area contributed by atoms with E-state index in [1.54, 1.807) is 4.68 Å². The third-order valence-electron chi connectivity index (χ3n) is 2.90. The lowest BCUT2D eigenvalue weighted by Gasteiger charge is -2.07. The zero-order valence-electron chi connectivity index (χ0n) is 11.5. The van der Waals surface area contributed by atoms with E-state index in [1.165, 1.54) is 12.0 Å². The van der Waals surface area contributed by atoms with Crippen molar-refractivity contribution in [3.63, 3.8) is 0 Å². The lowest BCUT2D eigenvalue weighted by Crippen LogP contribution is -1.89. The fraction of sp³-hybridized carbons (Fsp3) is 0.400. The molecule has 0 fully saturated rings. The highest BCUT2D eigenvalue weighted by Crippen LogP contribution is 2.20. The van der Waals surface area contributed by atoms with Crippen LogP contribution in [-0.4, -0.2) is 9.78 Å². The molecule has 18 heavy (non-hydrogen) atoms. The van der Waals surface area contributed by atoms with E-state index in [0.717, 1.165) is 10.2 Å². The molecule has 1 heterocycles. The Kier molecular flexibility index (Phi) is 6.13. The first-order chi connectivity index (χ1) is 8.52. The summed E-state index contributed by atoms with van der Waals surface area (Å²) < 4.78 is 2.94. The van der Waals surface area contributed by atoms with Crippen LogP contribution in [0.2, 0.25) is 0 Å². The molecule has 0 saturated carbocycles. The highest BCUT2D eigenvalue weighted by atomic mass is 79.9. The highest BCUT2D eigenvalue weighted by Gasteiger charge is 2.00. The van der Waals surface area contributed by atoms with Crippen LogP contribution in [0.25, 0.3) is 0 Å². The van der Waals surface area contributed by atoms with Gasteiger partial charge in [0.1, 0.15) is 0 Å². The molecule has 2 rings (SSSR count). The molecule has 0 radical (unpaired) electrons. The fourth-order valence-electron chi connectivity index (χ4n) is 1.56. The van der Waals surface area contributed by atoms with Crippen molar-refractivity contribution in [2.24, 2.45) is 7.05 Å². The molecule has 0 aliphatic carbocycles. The predicted molar refractivity (Wildman–Crippen MR) is 80.8 cm³/mol. The van der Waals surface area contributed by atoms with Crippen LogP contribution < -0.4 is 0 Å². The van der Waals surface area contributed by atoms with Crippen molar-refractivity contribution >= 4 is 15.9 Å². The van der Waals surface area contributed by atoms with Gasteiger partial charge in [0.15, 0.2) is 0 Å². The Bertz CT molecular complexity index is 443. The van der Waals surface area contributed by atoms with Gasteiger partial charge in [-0.3, -0.25) is 4.68 Å². The second kappa shape index (κ2) is 7.37. The van der Waals surface area contributed by atoms with E-state index in [1.807, 2.05) is 26.2 Å². The van der Waals surface area contributed by atoms with E-state index >= 15 is 0 Å². The number of rotatable bonds is 2. The van der Waals surface area contributed by atoms with E-state index in [4.69, 9.17) is 0 Å². The number of hydrogen-bond donors (Lipinski definition) is 0. The molecule has 1 unspecified atom stereocenters. The van der Waals surface area contributed by atoms with Gasteiger partial charge in [-0.25, -0.2) is 0 Å². The molecule has 2 aromatic rings. The van der Waals surface area contributed by atoms with Gasteiger partial charge >= 0.3 is 0 Å². The molecule has 0 bridgehead atoms. The Balaban J connectivity index is 0.000000199. The summed E-state index contributed by atoms with van der Waals surface area (Å²) in [4.78, 5) is 0. The van der Waals surface area contributed by atoms with Crippen LogP contribution in [0.1, 0.15) is 37.4 Å². The lowest BCUT2D eigenvalue weighted by atomic mass is 9.99. The molecule has 1 aromatic heterocycles. The smallest absolute Gasteiger partial charge is 0.0593 e. The zero-order valence-corrected chi connectivity index (χ0v) is 13.1. The normalized spacial score (nSPS) is 11.6. The fourth-order valence-corrected chi connectivity index (χ4v) is 1.82. The van der Waals surface area contributed by atoms with Crippen LogP contribution in [0.5, 0.6) is 0 Å². The van der Waals surface area contributed by atoms with Crippen LogP contribution in [-0.2, 0) is 7.05 Å². The second-order valence-electron chi connectivity index (χ2n) is 4.49. The summed E-state index contributed by atoms with van der Waals surface area (Å²) in [6.45, 7) is 6.44. The summed E-state index contributed by atoms with van der Waals surface area (Å²) >= 11 is 3.42. The minimum absolute atomic E-state index is 0.683. The number of halogens is 1. The van der Waals surface area contributed by atoms with Crippen molar-refractivity contribution in [2.45, 2.75) is 33.1 Å². The summed E-state index contributed by atoms with van der Waals surface area (Å²) in [5.74, 6) is 0.683. The van der Waals surface area contributed by atoms with Crippen molar-refractivity contribution in [1.29, 1.82) is 0 Å². The zero-order chi connectivity index (χ0) is 13.5. The quantitative estimate of drug-likeness (QED) is 0.787. The molecule has 0 aliphatic heterocycles. The molecule has 1 atom stereocenters. The van der Waals surface area contributed by atoms with Crippen LogP contribution in [0, 0.1) is 6.92 Å². The van der Waals surface area contributed by atoms with Gasteiger partial charge in [-0.05, 0) is 43.0 Å². The first-order valence-electron chi connectivity index (χ1n) is 6.24. The monoisotopic (exact) mass is 308 g/mol. The highest BCUT2D eigenvalue weighted by molar-refractivity contribution is 9.10. The molecule has 0 saturated heterocycles. The molecule has 98 valence electrons. The minimum atomic E-state index is 0.683. The summed E-state index contributed by atoms with van der Waals surface area (Å²) in [7, 11) is 1.91. The van der Waals surface area contributed by atoms with Crippen LogP contribution in [0.3, 0.4) is 0 Å². The Morgan fingerprint density at radius 2 is 1.83 bits per heavy atom. The minimum Gasteiger partial charge on any atom is -0.276 e. The number of hydrogen-bond acceptors (Lipinski definition) is 1. The van der Waals surface area contributed by atoms with Crippen molar-refractivity contribution < 1.29 is 0 Å². The molecule has 3 heteroatoms. The Hall–Kier alpha value is -1.09. The van der Waals surface area contributed by atoms with Gasteiger partial charge < -0.3 is 0 Å². The van der Waals surface area contributed by atoms with E-state index < -0.39 is 0 Å². The van der Waals surface area contributed by atoms with Crippen molar-refractivity contribution in [2.75, 3.05) is 0 Å². The molecular weight excluding hydrogens is 288 g/mol. The Morgan fingerprint density at radius 1 is 1.22 bits per heavy atom. The van der Waals surface area contributed by atoms with Crippen LogP contribution >= 0.6 is 15.9 Å². The topological polar surface area (TPSA) is 17.8 Å². The van der Waals surface area contributed by atoms with Gasteiger partial charge in [0.25, 0.3) is 0 Å². The van der Waals surface area contributed by atoms with E-state index in [9.17, 15) is 0 Å².